The second kappa shape index (κ2) is 18.5. The summed E-state index contributed by atoms with van der Waals surface area (Å²) >= 11 is 0. The zero-order valence-corrected chi connectivity index (χ0v) is 24.2. The molecule has 1 rings (SSSR count). The number of carboxylic acids is 1. The Morgan fingerprint density at radius 2 is 1.84 bits per heavy atom. The van der Waals surface area contributed by atoms with Crippen molar-refractivity contribution < 1.29 is 39.1 Å². The van der Waals surface area contributed by atoms with E-state index in [-0.39, 0.29) is 25.2 Å². The Bertz CT molecular complexity index is 822. The van der Waals surface area contributed by atoms with Gasteiger partial charge in [-0.2, -0.15) is 0 Å². The molecule has 0 aliphatic carbocycles. The lowest BCUT2D eigenvalue weighted by atomic mass is 9.76. The third-order valence-corrected chi connectivity index (χ3v) is 7.14. The van der Waals surface area contributed by atoms with E-state index in [9.17, 15) is 15.0 Å². The molecule has 1 aromatic rings. The number of benzene rings is 1. The van der Waals surface area contributed by atoms with Gasteiger partial charge < -0.3 is 34.3 Å². The van der Waals surface area contributed by atoms with Crippen molar-refractivity contribution in [3.8, 4) is 0 Å². The van der Waals surface area contributed by atoms with Crippen LogP contribution in [0.3, 0.4) is 0 Å². The Hall–Kier alpha value is -1.81. The SMILES string of the molecule is CCC(C=C(C)C(O)C[C@@H](C[C@H](O)C(C)(C)c1cccc(CCCC(=O)O)c1)OC)COCOCCOC. The zero-order valence-electron chi connectivity index (χ0n) is 24.2. The van der Waals surface area contributed by atoms with Crippen LogP contribution < -0.4 is 0 Å². The number of hydrogen-bond acceptors (Lipinski definition) is 7. The molecule has 218 valence electrons. The molecule has 1 aromatic carbocycles. The number of ether oxygens (including phenoxy) is 4. The molecule has 0 aliphatic rings. The predicted octanol–water partition coefficient (Wildman–Crippen LogP) is 4.50. The molecule has 0 bridgehead atoms. The summed E-state index contributed by atoms with van der Waals surface area (Å²) in [6.07, 6.45) is 3.33. The zero-order chi connectivity index (χ0) is 28.6. The lowest BCUT2D eigenvalue weighted by Gasteiger charge is -2.34. The molecule has 38 heavy (non-hydrogen) atoms. The maximum atomic E-state index is 11.2. The van der Waals surface area contributed by atoms with E-state index in [1.54, 1.807) is 14.2 Å². The lowest BCUT2D eigenvalue weighted by Crippen LogP contribution is -2.38. The quantitative estimate of drug-likeness (QED) is 0.119. The number of aryl methyl sites for hydroxylation is 1. The summed E-state index contributed by atoms with van der Waals surface area (Å²) in [6.45, 7) is 9.70. The van der Waals surface area contributed by atoms with E-state index >= 15 is 0 Å². The van der Waals surface area contributed by atoms with Gasteiger partial charge in [0.25, 0.3) is 0 Å². The first-order valence-electron chi connectivity index (χ1n) is 13.6. The van der Waals surface area contributed by atoms with Crippen LogP contribution in [0.25, 0.3) is 0 Å². The minimum Gasteiger partial charge on any atom is -0.481 e. The van der Waals surface area contributed by atoms with Crippen molar-refractivity contribution >= 4 is 5.97 Å². The highest BCUT2D eigenvalue weighted by molar-refractivity contribution is 5.66. The van der Waals surface area contributed by atoms with Gasteiger partial charge in [-0.25, -0.2) is 0 Å². The molecule has 0 spiro atoms. The molecule has 0 amide bonds. The first-order chi connectivity index (χ1) is 18.0. The highest BCUT2D eigenvalue weighted by Crippen LogP contribution is 2.32. The van der Waals surface area contributed by atoms with Crippen LogP contribution in [0.4, 0.5) is 0 Å². The summed E-state index contributed by atoms with van der Waals surface area (Å²) < 4.78 is 21.5. The Balaban J connectivity index is 2.70. The molecule has 0 saturated carbocycles. The van der Waals surface area contributed by atoms with E-state index in [0.717, 1.165) is 23.1 Å². The molecule has 0 radical (unpaired) electrons. The number of carbonyl (C=O) groups is 1. The fourth-order valence-corrected chi connectivity index (χ4v) is 4.26. The molecular weight excluding hydrogens is 488 g/mol. The third kappa shape index (κ3) is 12.8. The summed E-state index contributed by atoms with van der Waals surface area (Å²) in [7, 11) is 3.23. The minimum absolute atomic E-state index is 0.136. The van der Waals surface area contributed by atoms with Crippen molar-refractivity contribution in [2.24, 2.45) is 5.92 Å². The topological polar surface area (TPSA) is 115 Å². The maximum absolute atomic E-state index is 11.2. The summed E-state index contributed by atoms with van der Waals surface area (Å²) in [4.78, 5) is 10.8. The molecule has 0 saturated heterocycles. The lowest BCUT2D eigenvalue weighted by molar-refractivity contribution is -0.137. The molecule has 4 atom stereocenters. The molecule has 8 heteroatoms. The maximum Gasteiger partial charge on any atom is 0.303 e. The normalized spacial score (nSPS) is 15.7. The van der Waals surface area contributed by atoms with Gasteiger partial charge in [0.1, 0.15) is 6.79 Å². The van der Waals surface area contributed by atoms with Crippen molar-refractivity contribution in [3.05, 3.63) is 47.0 Å². The van der Waals surface area contributed by atoms with Crippen LogP contribution in [0, 0.1) is 5.92 Å². The van der Waals surface area contributed by atoms with Crippen LogP contribution >= 0.6 is 0 Å². The first-order valence-corrected chi connectivity index (χ1v) is 13.6. The number of rotatable bonds is 21. The molecule has 8 nitrogen and oxygen atoms in total. The average molecular weight is 539 g/mol. The predicted molar refractivity (Wildman–Crippen MR) is 148 cm³/mol. The number of methoxy groups -OCH3 is 2. The number of carboxylic acid groups (broad SMARTS) is 1. The van der Waals surface area contributed by atoms with Gasteiger partial charge in [-0.15, -0.1) is 0 Å². The highest BCUT2D eigenvalue weighted by atomic mass is 16.7. The van der Waals surface area contributed by atoms with Crippen molar-refractivity contribution in [1.29, 1.82) is 0 Å². The van der Waals surface area contributed by atoms with E-state index in [1.165, 1.54) is 0 Å². The van der Waals surface area contributed by atoms with Crippen molar-refractivity contribution in [3.63, 3.8) is 0 Å². The van der Waals surface area contributed by atoms with Crippen molar-refractivity contribution in [2.75, 3.05) is 40.8 Å². The summed E-state index contributed by atoms with van der Waals surface area (Å²) in [5.74, 6) is -0.638. The second-order valence-electron chi connectivity index (χ2n) is 10.5. The molecule has 0 aliphatic heterocycles. The largest absolute Gasteiger partial charge is 0.481 e. The van der Waals surface area contributed by atoms with E-state index in [0.29, 0.717) is 45.5 Å². The average Bonchev–Trinajstić information content (AvgIpc) is 2.89. The van der Waals surface area contributed by atoms with Crippen LogP contribution in [0.2, 0.25) is 0 Å². The third-order valence-electron chi connectivity index (χ3n) is 7.14. The highest BCUT2D eigenvalue weighted by Gasteiger charge is 2.32. The van der Waals surface area contributed by atoms with Crippen LogP contribution in [-0.2, 0) is 35.6 Å². The Kier molecular flexibility index (Phi) is 16.6. The monoisotopic (exact) mass is 538 g/mol. The summed E-state index contributed by atoms with van der Waals surface area (Å²) in [6, 6.07) is 7.97. The van der Waals surface area contributed by atoms with Gasteiger partial charge in [0.2, 0.25) is 0 Å². The van der Waals surface area contributed by atoms with Crippen molar-refractivity contribution in [1.82, 2.24) is 0 Å². The standard InChI is InChI=1S/C30H50O8/c1-7-23(20-38-21-37-15-14-35-5)16-22(2)27(31)18-26(36-6)19-28(32)30(3,4)25-12-8-10-24(17-25)11-9-13-29(33)34/h8,10,12,16-17,23,26-28,31-32H,7,9,11,13-15,18-21H2,1-6H3,(H,33,34)/t23?,26-,27?,28-/m0/s1. The molecule has 2 unspecified atom stereocenters. The van der Waals surface area contributed by atoms with Gasteiger partial charge in [-0.1, -0.05) is 51.1 Å². The van der Waals surface area contributed by atoms with Gasteiger partial charge in [0, 0.05) is 44.8 Å². The van der Waals surface area contributed by atoms with Gasteiger partial charge in [-0.05, 0) is 42.9 Å². The van der Waals surface area contributed by atoms with Gasteiger partial charge >= 0.3 is 5.97 Å². The summed E-state index contributed by atoms with van der Waals surface area (Å²) in [5, 5.41) is 31.0. The molecule has 3 N–H and O–H groups in total. The van der Waals surface area contributed by atoms with Crippen LogP contribution in [0.15, 0.2) is 35.9 Å². The molecular formula is C30H50O8. The Morgan fingerprint density at radius 1 is 1.11 bits per heavy atom. The van der Waals surface area contributed by atoms with E-state index < -0.39 is 23.6 Å². The van der Waals surface area contributed by atoms with Gasteiger partial charge in [-0.3, -0.25) is 4.79 Å². The molecule has 0 aromatic heterocycles. The molecule has 0 heterocycles. The number of aliphatic hydroxyl groups is 2. The van der Waals surface area contributed by atoms with Gasteiger partial charge in [0.15, 0.2) is 0 Å². The fraction of sp³-hybridized carbons (Fsp3) is 0.700. The second-order valence-corrected chi connectivity index (χ2v) is 10.5. The smallest absolute Gasteiger partial charge is 0.303 e. The van der Waals surface area contributed by atoms with Crippen molar-refractivity contribution in [2.45, 2.75) is 89.9 Å². The van der Waals surface area contributed by atoms with Crippen LogP contribution in [0.1, 0.15) is 70.9 Å². The Labute approximate surface area is 228 Å². The van der Waals surface area contributed by atoms with E-state index in [2.05, 4.69) is 6.92 Å². The number of hydrogen-bond donors (Lipinski definition) is 3. The fourth-order valence-electron chi connectivity index (χ4n) is 4.26. The van der Waals surface area contributed by atoms with Crippen LogP contribution in [0.5, 0.6) is 0 Å². The first kappa shape index (κ1) is 34.2. The van der Waals surface area contributed by atoms with Gasteiger partial charge in [0.05, 0.1) is 38.1 Å². The molecule has 0 fully saturated rings. The summed E-state index contributed by atoms with van der Waals surface area (Å²) in [5.41, 5.74) is 2.34. The number of aliphatic carboxylic acids is 1. The van der Waals surface area contributed by atoms with Crippen LogP contribution in [-0.4, -0.2) is 80.4 Å². The minimum atomic E-state index is -0.795. The number of aliphatic hydroxyl groups excluding tert-OH is 2. The Morgan fingerprint density at radius 3 is 2.47 bits per heavy atom. The van der Waals surface area contributed by atoms with E-state index in [4.69, 9.17) is 24.1 Å². The van der Waals surface area contributed by atoms with E-state index in [1.807, 2.05) is 51.1 Å².